The molecule has 0 bridgehead atoms. The highest BCUT2D eigenvalue weighted by Crippen LogP contribution is 2.06. The molecule has 0 fully saturated rings. The van der Waals surface area contributed by atoms with E-state index in [-0.39, 0.29) is 0 Å². The van der Waals surface area contributed by atoms with E-state index in [0.717, 1.165) is 13.1 Å². The molecular formula is C13H30N2. The lowest BCUT2D eigenvalue weighted by Gasteiger charge is -2.20. The molecule has 0 rings (SSSR count). The molecule has 0 saturated carbocycles. The van der Waals surface area contributed by atoms with Crippen molar-refractivity contribution in [2.45, 2.75) is 58.8 Å². The van der Waals surface area contributed by atoms with Gasteiger partial charge in [0.2, 0.25) is 0 Å². The largest absolute Gasteiger partial charge is 0.329 e. The first kappa shape index (κ1) is 14.9. The van der Waals surface area contributed by atoms with Crippen LogP contribution in [0.5, 0.6) is 0 Å². The molecule has 0 aliphatic carbocycles. The maximum Gasteiger partial charge on any atom is 0.0105 e. The zero-order valence-electron chi connectivity index (χ0n) is 10.8. The smallest absolute Gasteiger partial charge is 0.0105 e. The lowest BCUT2D eigenvalue weighted by molar-refractivity contribution is 0.274. The summed E-state index contributed by atoms with van der Waals surface area (Å²) in [7, 11) is 0. The summed E-state index contributed by atoms with van der Waals surface area (Å²) in [4.78, 5) is 2.50. The monoisotopic (exact) mass is 214 g/mol. The third-order valence-corrected chi connectivity index (χ3v) is 2.81. The molecule has 0 aliphatic heterocycles. The molecule has 0 amide bonds. The lowest BCUT2D eigenvalue weighted by Crippen LogP contribution is -2.31. The van der Waals surface area contributed by atoms with Gasteiger partial charge < -0.3 is 10.6 Å². The van der Waals surface area contributed by atoms with E-state index in [9.17, 15) is 0 Å². The third-order valence-electron chi connectivity index (χ3n) is 2.81. The first-order valence-electron chi connectivity index (χ1n) is 6.77. The van der Waals surface area contributed by atoms with Gasteiger partial charge in [-0.3, -0.25) is 0 Å². The van der Waals surface area contributed by atoms with E-state index in [1.54, 1.807) is 0 Å². The molecule has 15 heavy (non-hydrogen) atoms. The van der Waals surface area contributed by atoms with Gasteiger partial charge in [0.15, 0.2) is 0 Å². The van der Waals surface area contributed by atoms with E-state index in [0.29, 0.717) is 0 Å². The summed E-state index contributed by atoms with van der Waals surface area (Å²) in [5, 5.41) is 0. The maximum atomic E-state index is 5.59. The topological polar surface area (TPSA) is 29.3 Å². The van der Waals surface area contributed by atoms with Gasteiger partial charge in [-0.15, -0.1) is 0 Å². The van der Waals surface area contributed by atoms with Crippen LogP contribution in [0.4, 0.5) is 0 Å². The molecule has 0 atom stereocenters. The molecule has 2 N–H and O–H groups in total. The van der Waals surface area contributed by atoms with Crippen LogP contribution in [-0.2, 0) is 0 Å². The molecule has 0 spiro atoms. The van der Waals surface area contributed by atoms with E-state index in [4.69, 9.17) is 5.73 Å². The van der Waals surface area contributed by atoms with Crippen LogP contribution in [0.25, 0.3) is 0 Å². The summed E-state index contributed by atoms with van der Waals surface area (Å²) in [5.41, 5.74) is 5.59. The van der Waals surface area contributed by atoms with E-state index in [1.165, 1.54) is 58.0 Å². The van der Waals surface area contributed by atoms with Crippen LogP contribution in [-0.4, -0.2) is 31.1 Å². The summed E-state index contributed by atoms with van der Waals surface area (Å²) >= 11 is 0. The fourth-order valence-corrected chi connectivity index (χ4v) is 1.95. The molecule has 0 saturated heterocycles. The van der Waals surface area contributed by atoms with Crippen LogP contribution in [0, 0.1) is 0 Å². The van der Waals surface area contributed by atoms with Crippen molar-refractivity contribution < 1.29 is 0 Å². The fourth-order valence-electron chi connectivity index (χ4n) is 1.95. The van der Waals surface area contributed by atoms with Crippen molar-refractivity contribution in [2.24, 2.45) is 5.73 Å². The molecule has 2 heteroatoms. The first-order chi connectivity index (χ1) is 7.35. The van der Waals surface area contributed by atoms with Gasteiger partial charge in [-0.1, -0.05) is 46.0 Å². The maximum absolute atomic E-state index is 5.59. The van der Waals surface area contributed by atoms with Crippen LogP contribution in [0.15, 0.2) is 0 Å². The highest BCUT2D eigenvalue weighted by Gasteiger charge is 2.01. The third kappa shape index (κ3) is 10.2. The predicted molar refractivity (Wildman–Crippen MR) is 69.2 cm³/mol. The minimum absolute atomic E-state index is 0.801. The molecular weight excluding hydrogens is 184 g/mol. The van der Waals surface area contributed by atoms with Crippen LogP contribution in [0.1, 0.15) is 58.8 Å². The highest BCUT2D eigenvalue weighted by atomic mass is 15.1. The van der Waals surface area contributed by atoms with Crippen molar-refractivity contribution in [1.82, 2.24) is 4.90 Å². The van der Waals surface area contributed by atoms with Gasteiger partial charge >= 0.3 is 0 Å². The molecule has 0 unspecified atom stereocenters. The Morgan fingerprint density at radius 3 is 2.00 bits per heavy atom. The van der Waals surface area contributed by atoms with Crippen molar-refractivity contribution >= 4 is 0 Å². The number of hydrogen-bond acceptors (Lipinski definition) is 2. The molecule has 0 radical (unpaired) electrons. The molecule has 0 aliphatic rings. The second-order valence-corrected chi connectivity index (χ2v) is 4.40. The van der Waals surface area contributed by atoms with Crippen LogP contribution >= 0.6 is 0 Å². The molecule has 0 heterocycles. The van der Waals surface area contributed by atoms with E-state index in [2.05, 4.69) is 18.7 Å². The normalized spacial score (nSPS) is 11.2. The molecule has 0 aromatic heterocycles. The van der Waals surface area contributed by atoms with Crippen LogP contribution in [0.2, 0.25) is 0 Å². The number of nitrogens with zero attached hydrogens (tertiary/aromatic N) is 1. The van der Waals surface area contributed by atoms with Crippen LogP contribution < -0.4 is 5.73 Å². The van der Waals surface area contributed by atoms with Crippen molar-refractivity contribution in [1.29, 1.82) is 0 Å². The summed E-state index contributed by atoms with van der Waals surface area (Å²) in [6.45, 7) is 8.84. The Morgan fingerprint density at radius 2 is 1.40 bits per heavy atom. The predicted octanol–water partition coefficient (Wildman–Crippen LogP) is 3.02. The van der Waals surface area contributed by atoms with Crippen molar-refractivity contribution in [3.05, 3.63) is 0 Å². The molecule has 0 aromatic carbocycles. The summed E-state index contributed by atoms with van der Waals surface area (Å²) in [6, 6.07) is 0. The quantitative estimate of drug-likeness (QED) is 0.536. The SMILES string of the molecule is CCCCCCCCN(CCC)CCN. The van der Waals surface area contributed by atoms with E-state index in [1.807, 2.05) is 0 Å². The second kappa shape index (κ2) is 12.0. The Bertz CT molecular complexity index is 109. The molecule has 2 nitrogen and oxygen atoms in total. The average molecular weight is 214 g/mol. The second-order valence-electron chi connectivity index (χ2n) is 4.40. The van der Waals surface area contributed by atoms with Crippen molar-refractivity contribution in [3.8, 4) is 0 Å². The van der Waals surface area contributed by atoms with Gasteiger partial charge in [-0.2, -0.15) is 0 Å². The molecule has 0 aromatic rings. The van der Waals surface area contributed by atoms with Gasteiger partial charge in [0.05, 0.1) is 0 Å². The summed E-state index contributed by atoms with van der Waals surface area (Å²) in [6.07, 6.45) is 9.57. The zero-order chi connectivity index (χ0) is 11.4. The number of rotatable bonds is 11. The minimum atomic E-state index is 0.801. The Kier molecular flexibility index (Phi) is 11.9. The highest BCUT2D eigenvalue weighted by molar-refractivity contribution is 4.57. The van der Waals surface area contributed by atoms with Crippen molar-refractivity contribution in [2.75, 3.05) is 26.2 Å². The average Bonchev–Trinajstić information content (AvgIpc) is 2.24. The summed E-state index contributed by atoms with van der Waals surface area (Å²) in [5.74, 6) is 0. The Morgan fingerprint density at radius 1 is 0.733 bits per heavy atom. The standard InChI is InChI=1S/C13H30N2/c1-3-5-6-7-8-9-12-15(11-4-2)13-10-14/h3-14H2,1-2H3. The minimum Gasteiger partial charge on any atom is -0.329 e. The fraction of sp³-hybridized carbons (Fsp3) is 1.00. The lowest BCUT2D eigenvalue weighted by atomic mass is 10.1. The Balaban J connectivity index is 3.28. The zero-order valence-corrected chi connectivity index (χ0v) is 10.8. The van der Waals surface area contributed by atoms with Crippen molar-refractivity contribution in [3.63, 3.8) is 0 Å². The van der Waals surface area contributed by atoms with Gasteiger partial charge in [-0.25, -0.2) is 0 Å². The van der Waals surface area contributed by atoms with Gasteiger partial charge in [-0.05, 0) is 25.9 Å². The van der Waals surface area contributed by atoms with Gasteiger partial charge in [0.25, 0.3) is 0 Å². The van der Waals surface area contributed by atoms with Gasteiger partial charge in [0.1, 0.15) is 0 Å². The number of unbranched alkanes of at least 4 members (excludes halogenated alkanes) is 5. The van der Waals surface area contributed by atoms with E-state index >= 15 is 0 Å². The number of nitrogens with two attached hydrogens (primary N) is 1. The number of hydrogen-bond donors (Lipinski definition) is 1. The van der Waals surface area contributed by atoms with Gasteiger partial charge in [0, 0.05) is 13.1 Å². The Labute approximate surface area is 96.2 Å². The molecule has 92 valence electrons. The van der Waals surface area contributed by atoms with E-state index < -0.39 is 0 Å². The Hall–Kier alpha value is -0.0800. The first-order valence-corrected chi connectivity index (χ1v) is 6.77. The van der Waals surface area contributed by atoms with Crippen LogP contribution in [0.3, 0.4) is 0 Å². The summed E-state index contributed by atoms with van der Waals surface area (Å²) < 4.78 is 0.